The van der Waals surface area contributed by atoms with Crippen LogP contribution in [0.5, 0.6) is 0 Å². The molecule has 2 N–H and O–H groups in total. The van der Waals surface area contributed by atoms with E-state index >= 15 is 0 Å². The molecule has 1 unspecified atom stereocenters. The molecule has 0 fully saturated rings. The minimum absolute atomic E-state index is 0.295. The molecule has 0 saturated heterocycles. The van der Waals surface area contributed by atoms with Crippen molar-refractivity contribution in [2.75, 3.05) is 6.54 Å². The van der Waals surface area contributed by atoms with Crippen molar-refractivity contribution in [1.29, 1.82) is 0 Å². The Morgan fingerprint density at radius 3 is 2.56 bits per heavy atom. The first-order chi connectivity index (χ1) is 8.46. The Bertz CT molecular complexity index is 406. The molecule has 2 rings (SSSR count). The van der Waals surface area contributed by atoms with Gasteiger partial charge >= 0.3 is 0 Å². The molecule has 2 heteroatoms. The first kappa shape index (κ1) is 13.6. The summed E-state index contributed by atoms with van der Waals surface area (Å²) in [6.45, 7) is 6.45. The van der Waals surface area contributed by atoms with Gasteiger partial charge in [0.25, 0.3) is 0 Å². The highest BCUT2D eigenvalue weighted by atomic mass is 16.3. The summed E-state index contributed by atoms with van der Waals surface area (Å²) in [5, 5.41) is 13.1. The Morgan fingerprint density at radius 1 is 1.22 bits per heavy atom. The lowest BCUT2D eigenvalue weighted by molar-refractivity contribution is 0.0770. The van der Waals surface area contributed by atoms with E-state index in [9.17, 15) is 5.11 Å². The number of fused-ring (bicyclic) bond motifs is 1. The van der Waals surface area contributed by atoms with Gasteiger partial charge in [-0.3, -0.25) is 0 Å². The topological polar surface area (TPSA) is 32.3 Å². The minimum atomic E-state index is -0.650. The third-order valence-corrected chi connectivity index (χ3v) is 3.71. The number of benzene rings is 1. The van der Waals surface area contributed by atoms with Crippen molar-refractivity contribution in [3.63, 3.8) is 0 Å². The van der Waals surface area contributed by atoms with Crippen LogP contribution in [0.4, 0.5) is 0 Å². The number of aryl methyl sites for hydroxylation is 2. The maximum Gasteiger partial charge on any atom is 0.0715 e. The van der Waals surface area contributed by atoms with Crippen LogP contribution in [0.15, 0.2) is 18.2 Å². The van der Waals surface area contributed by atoms with Gasteiger partial charge < -0.3 is 10.4 Å². The Kier molecular flexibility index (Phi) is 4.08. The van der Waals surface area contributed by atoms with Gasteiger partial charge in [-0.25, -0.2) is 0 Å². The third kappa shape index (κ3) is 3.56. The largest absolute Gasteiger partial charge is 0.389 e. The molecule has 1 aliphatic rings. The van der Waals surface area contributed by atoms with E-state index in [2.05, 4.69) is 30.4 Å². The van der Waals surface area contributed by atoms with Crippen LogP contribution in [0.25, 0.3) is 0 Å². The standard InChI is InChI=1S/C16H25NO/c1-12(17-11-16(2,3)18)14-9-8-13-6-4-5-7-15(13)10-14/h8-10,12,17-18H,4-7,11H2,1-3H3. The van der Waals surface area contributed by atoms with Gasteiger partial charge in [0, 0.05) is 12.6 Å². The molecule has 18 heavy (non-hydrogen) atoms. The zero-order chi connectivity index (χ0) is 13.2. The van der Waals surface area contributed by atoms with Crippen LogP contribution in [0.1, 0.15) is 56.3 Å². The highest BCUT2D eigenvalue weighted by Crippen LogP contribution is 2.24. The van der Waals surface area contributed by atoms with E-state index in [0.717, 1.165) is 0 Å². The molecule has 0 aliphatic heterocycles. The van der Waals surface area contributed by atoms with Crippen LogP contribution in [-0.2, 0) is 12.8 Å². The van der Waals surface area contributed by atoms with Crippen molar-refractivity contribution < 1.29 is 5.11 Å². The Morgan fingerprint density at radius 2 is 1.89 bits per heavy atom. The quantitative estimate of drug-likeness (QED) is 0.857. The van der Waals surface area contributed by atoms with Crippen molar-refractivity contribution in [2.24, 2.45) is 0 Å². The Labute approximate surface area is 110 Å². The Hall–Kier alpha value is -0.860. The van der Waals surface area contributed by atoms with Crippen molar-refractivity contribution in [3.8, 4) is 0 Å². The van der Waals surface area contributed by atoms with E-state index in [1.165, 1.54) is 42.4 Å². The van der Waals surface area contributed by atoms with Crippen LogP contribution in [-0.4, -0.2) is 17.3 Å². The molecule has 100 valence electrons. The molecule has 2 nitrogen and oxygen atoms in total. The molecule has 1 atom stereocenters. The molecule has 0 radical (unpaired) electrons. The smallest absolute Gasteiger partial charge is 0.0715 e. The number of hydrogen-bond acceptors (Lipinski definition) is 2. The third-order valence-electron chi connectivity index (χ3n) is 3.71. The van der Waals surface area contributed by atoms with Gasteiger partial charge in [-0.05, 0) is 63.1 Å². The number of aliphatic hydroxyl groups is 1. The van der Waals surface area contributed by atoms with Gasteiger partial charge in [-0.1, -0.05) is 18.2 Å². The number of nitrogens with one attached hydrogen (secondary N) is 1. The van der Waals surface area contributed by atoms with Crippen LogP contribution in [0.2, 0.25) is 0 Å². The number of rotatable bonds is 4. The molecular weight excluding hydrogens is 222 g/mol. The molecule has 0 bridgehead atoms. The Balaban J connectivity index is 2.04. The highest BCUT2D eigenvalue weighted by molar-refractivity contribution is 5.35. The molecule has 0 saturated carbocycles. The van der Waals surface area contributed by atoms with Crippen molar-refractivity contribution in [2.45, 2.75) is 58.1 Å². The van der Waals surface area contributed by atoms with Crippen LogP contribution >= 0.6 is 0 Å². The second-order valence-electron chi connectivity index (χ2n) is 6.15. The summed E-state index contributed by atoms with van der Waals surface area (Å²) in [6, 6.07) is 7.15. The van der Waals surface area contributed by atoms with E-state index < -0.39 is 5.60 Å². The van der Waals surface area contributed by atoms with E-state index in [1.54, 1.807) is 0 Å². The summed E-state index contributed by atoms with van der Waals surface area (Å²) >= 11 is 0. The summed E-state index contributed by atoms with van der Waals surface area (Å²) in [6.07, 6.45) is 5.11. The molecule has 0 spiro atoms. The average Bonchev–Trinajstić information content (AvgIpc) is 2.34. The van der Waals surface area contributed by atoms with Crippen LogP contribution < -0.4 is 5.32 Å². The lowest BCUT2D eigenvalue weighted by Gasteiger charge is -2.23. The first-order valence-corrected chi connectivity index (χ1v) is 7.03. The predicted molar refractivity (Wildman–Crippen MR) is 75.8 cm³/mol. The lowest BCUT2D eigenvalue weighted by atomic mass is 9.89. The summed E-state index contributed by atoms with van der Waals surface area (Å²) in [4.78, 5) is 0. The van der Waals surface area contributed by atoms with Gasteiger partial charge in [0.1, 0.15) is 0 Å². The normalized spacial score (nSPS) is 17.3. The highest BCUT2D eigenvalue weighted by Gasteiger charge is 2.16. The van der Waals surface area contributed by atoms with Crippen LogP contribution in [0.3, 0.4) is 0 Å². The second kappa shape index (κ2) is 5.41. The summed E-state index contributed by atoms with van der Waals surface area (Å²) in [5.74, 6) is 0. The molecule has 1 aromatic carbocycles. The molecule has 1 aliphatic carbocycles. The monoisotopic (exact) mass is 247 g/mol. The zero-order valence-corrected chi connectivity index (χ0v) is 11.8. The minimum Gasteiger partial charge on any atom is -0.389 e. The van der Waals surface area contributed by atoms with E-state index in [0.29, 0.717) is 12.6 Å². The summed E-state index contributed by atoms with van der Waals surface area (Å²) in [5.41, 5.74) is 3.73. The van der Waals surface area contributed by atoms with E-state index in [1.807, 2.05) is 13.8 Å². The van der Waals surface area contributed by atoms with Crippen molar-refractivity contribution in [1.82, 2.24) is 5.32 Å². The number of hydrogen-bond donors (Lipinski definition) is 2. The van der Waals surface area contributed by atoms with Gasteiger partial charge in [-0.15, -0.1) is 0 Å². The van der Waals surface area contributed by atoms with Gasteiger partial charge in [-0.2, -0.15) is 0 Å². The fourth-order valence-corrected chi connectivity index (χ4v) is 2.54. The molecule has 1 aromatic rings. The van der Waals surface area contributed by atoms with Gasteiger partial charge in [0.15, 0.2) is 0 Å². The lowest BCUT2D eigenvalue weighted by Crippen LogP contribution is -2.36. The molecule has 0 aromatic heterocycles. The molecular formula is C16H25NO. The molecule has 0 heterocycles. The SMILES string of the molecule is CC(NCC(C)(C)O)c1ccc2c(c1)CCCC2. The maximum atomic E-state index is 9.74. The fraction of sp³-hybridized carbons (Fsp3) is 0.625. The average molecular weight is 247 g/mol. The summed E-state index contributed by atoms with van der Waals surface area (Å²) in [7, 11) is 0. The van der Waals surface area contributed by atoms with E-state index in [4.69, 9.17) is 0 Å². The first-order valence-electron chi connectivity index (χ1n) is 7.03. The van der Waals surface area contributed by atoms with Crippen LogP contribution in [0, 0.1) is 0 Å². The van der Waals surface area contributed by atoms with Crippen molar-refractivity contribution in [3.05, 3.63) is 34.9 Å². The maximum absolute atomic E-state index is 9.74. The molecule has 0 amide bonds. The van der Waals surface area contributed by atoms with Gasteiger partial charge in [0.2, 0.25) is 0 Å². The van der Waals surface area contributed by atoms with E-state index in [-0.39, 0.29) is 0 Å². The van der Waals surface area contributed by atoms with Crippen molar-refractivity contribution >= 4 is 0 Å². The second-order valence-corrected chi connectivity index (χ2v) is 6.15. The zero-order valence-electron chi connectivity index (χ0n) is 11.8. The fourth-order valence-electron chi connectivity index (χ4n) is 2.54. The summed E-state index contributed by atoms with van der Waals surface area (Å²) < 4.78 is 0. The van der Waals surface area contributed by atoms with Gasteiger partial charge in [0.05, 0.1) is 5.60 Å². The predicted octanol–water partition coefficient (Wildman–Crippen LogP) is 2.99.